The number of anilines is 1. The van der Waals surface area contributed by atoms with E-state index in [1.807, 2.05) is 0 Å². The summed E-state index contributed by atoms with van der Waals surface area (Å²) >= 11 is 3.75. The molecule has 3 nitrogen and oxygen atoms in total. The molecule has 1 aliphatic heterocycles. The molecule has 1 atom stereocenters. The first kappa shape index (κ1) is 16.8. The summed E-state index contributed by atoms with van der Waals surface area (Å²) in [5, 5.41) is 3.46. The van der Waals surface area contributed by atoms with Crippen molar-refractivity contribution >= 4 is 21.6 Å². The molecule has 118 valence electrons. The van der Waals surface area contributed by atoms with Crippen LogP contribution in [0.5, 0.6) is 0 Å². The molecule has 0 aromatic heterocycles. The van der Waals surface area contributed by atoms with Gasteiger partial charge >= 0.3 is 0 Å². The van der Waals surface area contributed by atoms with Crippen LogP contribution in [0.2, 0.25) is 0 Å². The van der Waals surface area contributed by atoms with E-state index < -0.39 is 0 Å². The minimum atomic E-state index is 0.514. The van der Waals surface area contributed by atoms with Gasteiger partial charge in [-0.1, -0.05) is 19.9 Å². The normalized spacial score (nSPS) is 19.3. The number of ether oxygens (including phenoxy) is 1. The number of halogens is 1. The van der Waals surface area contributed by atoms with Crippen molar-refractivity contribution in [2.24, 2.45) is 5.92 Å². The largest absolute Gasteiger partial charge is 0.384 e. The number of rotatable bonds is 6. The summed E-state index contributed by atoms with van der Waals surface area (Å²) in [6, 6.07) is 7.23. The SMILES string of the molecule is COCC1CCCN(c2ccc(CNC(C)C)cc2Br)C1. The second kappa shape index (κ2) is 8.16. The third kappa shape index (κ3) is 4.97. The molecule has 0 radical (unpaired) electrons. The van der Waals surface area contributed by atoms with E-state index in [4.69, 9.17) is 4.74 Å². The monoisotopic (exact) mass is 354 g/mol. The van der Waals surface area contributed by atoms with Gasteiger partial charge < -0.3 is 15.0 Å². The molecule has 0 amide bonds. The lowest BCUT2D eigenvalue weighted by Crippen LogP contribution is -2.37. The van der Waals surface area contributed by atoms with Crippen molar-refractivity contribution in [3.05, 3.63) is 28.2 Å². The van der Waals surface area contributed by atoms with E-state index in [0.717, 1.165) is 26.2 Å². The second-order valence-electron chi connectivity index (χ2n) is 6.23. The number of benzene rings is 1. The first-order valence-electron chi connectivity index (χ1n) is 7.86. The van der Waals surface area contributed by atoms with E-state index in [-0.39, 0.29) is 0 Å². The van der Waals surface area contributed by atoms with Gasteiger partial charge in [0.05, 0.1) is 12.3 Å². The van der Waals surface area contributed by atoms with Crippen molar-refractivity contribution in [1.82, 2.24) is 5.32 Å². The zero-order chi connectivity index (χ0) is 15.2. The fourth-order valence-electron chi connectivity index (χ4n) is 2.89. The van der Waals surface area contributed by atoms with Crippen LogP contribution in [0.1, 0.15) is 32.3 Å². The molecule has 0 bridgehead atoms. The molecule has 0 spiro atoms. The molecule has 1 aliphatic rings. The quantitative estimate of drug-likeness (QED) is 0.840. The highest BCUT2D eigenvalue weighted by atomic mass is 79.9. The number of hydrogen-bond donors (Lipinski definition) is 1. The first-order chi connectivity index (χ1) is 10.1. The Morgan fingerprint density at radius 2 is 2.24 bits per heavy atom. The Kier molecular flexibility index (Phi) is 6.52. The third-order valence-electron chi connectivity index (χ3n) is 3.99. The average Bonchev–Trinajstić information content (AvgIpc) is 2.46. The van der Waals surface area contributed by atoms with Crippen LogP contribution in [0.25, 0.3) is 0 Å². The van der Waals surface area contributed by atoms with Crippen molar-refractivity contribution in [2.45, 2.75) is 39.3 Å². The molecule has 1 saturated heterocycles. The fourth-order valence-corrected chi connectivity index (χ4v) is 3.57. The lowest BCUT2D eigenvalue weighted by atomic mass is 9.98. The molecule has 1 fully saturated rings. The summed E-state index contributed by atoms with van der Waals surface area (Å²) in [7, 11) is 1.80. The highest BCUT2D eigenvalue weighted by molar-refractivity contribution is 9.10. The lowest BCUT2D eigenvalue weighted by molar-refractivity contribution is 0.143. The summed E-state index contributed by atoms with van der Waals surface area (Å²) in [6.07, 6.45) is 2.52. The fraction of sp³-hybridized carbons (Fsp3) is 0.647. The number of piperidine rings is 1. The zero-order valence-corrected chi connectivity index (χ0v) is 14.9. The van der Waals surface area contributed by atoms with Crippen LogP contribution >= 0.6 is 15.9 Å². The topological polar surface area (TPSA) is 24.5 Å². The minimum absolute atomic E-state index is 0.514. The summed E-state index contributed by atoms with van der Waals surface area (Å²) < 4.78 is 6.52. The van der Waals surface area contributed by atoms with Gasteiger partial charge in [0.1, 0.15) is 0 Å². The van der Waals surface area contributed by atoms with Crippen molar-refractivity contribution in [1.29, 1.82) is 0 Å². The molecule has 4 heteroatoms. The van der Waals surface area contributed by atoms with E-state index in [1.165, 1.54) is 28.6 Å². The summed E-state index contributed by atoms with van der Waals surface area (Å²) in [5.41, 5.74) is 2.63. The average molecular weight is 355 g/mol. The van der Waals surface area contributed by atoms with Gasteiger partial charge in [-0.25, -0.2) is 0 Å². The molecule has 1 heterocycles. The lowest BCUT2D eigenvalue weighted by Gasteiger charge is -2.34. The van der Waals surface area contributed by atoms with Gasteiger partial charge in [0.25, 0.3) is 0 Å². The van der Waals surface area contributed by atoms with Crippen molar-refractivity contribution in [2.75, 3.05) is 31.7 Å². The highest BCUT2D eigenvalue weighted by Crippen LogP contribution is 2.31. The van der Waals surface area contributed by atoms with Gasteiger partial charge in [-0.05, 0) is 52.4 Å². The van der Waals surface area contributed by atoms with E-state index in [2.05, 4.69) is 58.2 Å². The van der Waals surface area contributed by atoms with E-state index in [9.17, 15) is 0 Å². The van der Waals surface area contributed by atoms with Crippen molar-refractivity contribution < 1.29 is 4.74 Å². The number of nitrogens with zero attached hydrogens (tertiary/aromatic N) is 1. The van der Waals surface area contributed by atoms with E-state index in [1.54, 1.807) is 7.11 Å². The molecule has 1 aromatic carbocycles. The maximum Gasteiger partial charge on any atom is 0.0510 e. The standard InChI is InChI=1S/C17H27BrN2O/c1-13(2)19-10-14-6-7-17(16(18)9-14)20-8-4-5-15(11-20)12-21-3/h6-7,9,13,15,19H,4-5,8,10-12H2,1-3H3. The van der Waals surface area contributed by atoms with Crippen LogP contribution in [0.3, 0.4) is 0 Å². The molecular formula is C17H27BrN2O. The molecule has 21 heavy (non-hydrogen) atoms. The van der Waals surface area contributed by atoms with Gasteiger partial charge in [0.15, 0.2) is 0 Å². The Morgan fingerprint density at radius 3 is 2.90 bits per heavy atom. The number of nitrogens with one attached hydrogen (secondary N) is 1. The van der Waals surface area contributed by atoms with E-state index >= 15 is 0 Å². The number of hydrogen-bond acceptors (Lipinski definition) is 3. The van der Waals surface area contributed by atoms with Crippen LogP contribution in [-0.2, 0) is 11.3 Å². The zero-order valence-electron chi connectivity index (χ0n) is 13.4. The van der Waals surface area contributed by atoms with Crippen molar-refractivity contribution in [3.63, 3.8) is 0 Å². The minimum Gasteiger partial charge on any atom is -0.384 e. The maximum absolute atomic E-state index is 5.32. The molecule has 0 saturated carbocycles. The van der Waals surface area contributed by atoms with Crippen LogP contribution in [0.4, 0.5) is 5.69 Å². The molecule has 1 aromatic rings. The summed E-state index contributed by atoms with van der Waals surface area (Å²) in [5.74, 6) is 0.651. The van der Waals surface area contributed by atoms with Gasteiger partial charge in [0, 0.05) is 37.3 Å². The van der Waals surface area contributed by atoms with Gasteiger partial charge in [-0.15, -0.1) is 0 Å². The molecule has 1 N–H and O–H groups in total. The predicted molar refractivity (Wildman–Crippen MR) is 92.9 cm³/mol. The Balaban J connectivity index is 2.02. The van der Waals surface area contributed by atoms with Gasteiger partial charge in [-0.3, -0.25) is 0 Å². The second-order valence-corrected chi connectivity index (χ2v) is 7.09. The summed E-state index contributed by atoms with van der Waals surface area (Å²) in [4.78, 5) is 2.48. The van der Waals surface area contributed by atoms with Crippen LogP contribution in [-0.4, -0.2) is 32.8 Å². The smallest absolute Gasteiger partial charge is 0.0510 e. The van der Waals surface area contributed by atoms with E-state index in [0.29, 0.717) is 12.0 Å². The van der Waals surface area contributed by atoms with Crippen LogP contribution < -0.4 is 10.2 Å². The van der Waals surface area contributed by atoms with Gasteiger partial charge in [0.2, 0.25) is 0 Å². The Morgan fingerprint density at radius 1 is 1.43 bits per heavy atom. The molecular weight excluding hydrogens is 328 g/mol. The van der Waals surface area contributed by atoms with Crippen LogP contribution in [0, 0.1) is 5.92 Å². The van der Waals surface area contributed by atoms with Crippen LogP contribution in [0.15, 0.2) is 22.7 Å². The first-order valence-corrected chi connectivity index (χ1v) is 8.65. The Labute approximate surface area is 137 Å². The predicted octanol–water partition coefficient (Wildman–Crippen LogP) is 3.81. The van der Waals surface area contributed by atoms with Gasteiger partial charge in [-0.2, -0.15) is 0 Å². The van der Waals surface area contributed by atoms with Crippen molar-refractivity contribution in [3.8, 4) is 0 Å². The Hall–Kier alpha value is -0.580. The Bertz CT molecular complexity index is 448. The molecule has 1 unspecified atom stereocenters. The summed E-state index contributed by atoms with van der Waals surface area (Å²) in [6.45, 7) is 8.37. The number of methoxy groups -OCH3 is 1. The third-order valence-corrected chi connectivity index (χ3v) is 4.62. The highest BCUT2D eigenvalue weighted by Gasteiger charge is 2.21. The molecule has 0 aliphatic carbocycles. The molecule has 2 rings (SSSR count). The maximum atomic E-state index is 5.32.